The Morgan fingerprint density at radius 3 is 2.47 bits per heavy atom. The lowest BCUT2D eigenvalue weighted by Crippen LogP contribution is -2.19. The number of carboxylic acid groups (broad SMARTS) is 1. The molecule has 1 rings (SSSR count). The van der Waals surface area contributed by atoms with Gasteiger partial charge in [0.15, 0.2) is 0 Å². The molecule has 0 saturated heterocycles. The summed E-state index contributed by atoms with van der Waals surface area (Å²) in [6.45, 7) is 2.13. The molecule has 0 unspecified atom stereocenters. The molecule has 0 saturated carbocycles. The third-order valence-corrected chi connectivity index (χ3v) is 1.71. The summed E-state index contributed by atoms with van der Waals surface area (Å²) in [6.07, 6.45) is -3.27. The Bertz CT molecular complexity index is 383. The van der Waals surface area contributed by atoms with Crippen LogP contribution in [0, 0.1) is 6.92 Å². The average molecular weight is 216 g/mol. The Hall–Kier alpha value is -1.65. The van der Waals surface area contributed by atoms with Crippen molar-refractivity contribution >= 4 is 5.97 Å². The first-order chi connectivity index (χ1) is 6.79. The average Bonchev–Trinajstić information content (AvgIpc) is 2.05. The first-order valence-corrected chi connectivity index (χ1v) is 4.20. The van der Waals surface area contributed by atoms with E-state index in [1.807, 2.05) is 0 Å². The van der Waals surface area contributed by atoms with Crippen molar-refractivity contribution in [3.05, 3.63) is 29.3 Å². The number of rotatable bonds is 3. The van der Waals surface area contributed by atoms with Crippen LogP contribution in [0.25, 0.3) is 0 Å². The molecule has 1 N–H and O–H groups in total. The summed E-state index contributed by atoms with van der Waals surface area (Å²) in [5.74, 6) is -1.12. The molecule has 0 atom stereocenters. The molecule has 0 spiro atoms. The zero-order valence-corrected chi connectivity index (χ0v) is 8.25. The van der Waals surface area contributed by atoms with Gasteiger partial charge in [0, 0.05) is 6.92 Å². The molecular weight excluding hydrogens is 206 g/mol. The van der Waals surface area contributed by atoms with Crippen molar-refractivity contribution in [1.29, 1.82) is 0 Å². The van der Waals surface area contributed by atoms with E-state index in [-0.39, 0.29) is 11.3 Å². The summed E-state index contributed by atoms with van der Waals surface area (Å²) in [4.78, 5) is 10.6. The zero-order valence-electron chi connectivity index (χ0n) is 8.25. The van der Waals surface area contributed by atoms with Gasteiger partial charge in [-0.2, -0.15) is 8.78 Å². The highest BCUT2D eigenvalue weighted by molar-refractivity contribution is 5.88. The van der Waals surface area contributed by atoms with Crippen LogP contribution in [0.2, 0.25) is 0 Å². The number of alkyl halides is 2. The molecule has 0 radical (unpaired) electrons. The minimum absolute atomic E-state index is 0.0208. The van der Waals surface area contributed by atoms with E-state index in [4.69, 9.17) is 5.11 Å². The third-order valence-electron chi connectivity index (χ3n) is 1.71. The molecule has 1 aromatic carbocycles. The Balaban J connectivity index is 2.99. The highest BCUT2D eigenvalue weighted by Gasteiger charge is 2.24. The zero-order chi connectivity index (χ0) is 11.6. The van der Waals surface area contributed by atoms with Crippen molar-refractivity contribution in [2.45, 2.75) is 20.0 Å². The fraction of sp³-hybridized carbons (Fsp3) is 0.300. The van der Waals surface area contributed by atoms with Gasteiger partial charge in [-0.15, -0.1) is 0 Å². The second-order valence-corrected chi connectivity index (χ2v) is 3.20. The van der Waals surface area contributed by atoms with Crippen LogP contribution in [-0.2, 0) is 0 Å². The van der Waals surface area contributed by atoms with Crippen molar-refractivity contribution in [3.8, 4) is 5.75 Å². The summed E-state index contributed by atoms with van der Waals surface area (Å²) in [6, 6.07) is 3.72. The molecule has 0 bridgehead atoms. The maximum atomic E-state index is 12.5. The Labute approximate surface area is 85.3 Å². The van der Waals surface area contributed by atoms with Gasteiger partial charge < -0.3 is 9.84 Å². The van der Waals surface area contributed by atoms with E-state index < -0.39 is 12.1 Å². The van der Waals surface area contributed by atoms with Gasteiger partial charge in [-0.3, -0.25) is 0 Å². The lowest BCUT2D eigenvalue weighted by atomic mass is 10.1. The van der Waals surface area contributed by atoms with Crippen LogP contribution in [-0.4, -0.2) is 17.2 Å². The van der Waals surface area contributed by atoms with Crippen LogP contribution >= 0.6 is 0 Å². The normalized spacial score (nSPS) is 11.2. The van der Waals surface area contributed by atoms with Crippen LogP contribution in [0.4, 0.5) is 8.78 Å². The Kier molecular flexibility index (Phi) is 2.93. The van der Waals surface area contributed by atoms with Crippen molar-refractivity contribution in [2.24, 2.45) is 0 Å². The number of benzene rings is 1. The quantitative estimate of drug-likeness (QED) is 0.844. The van der Waals surface area contributed by atoms with Gasteiger partial charge in [0.1, 0.15) is 5.75 Å². The molecule has 0 aliphatic rings. The third kappa shape index (κ3) is 3.19. The predicted molar refractivity (Wildman–Crippen MR) is 49.4 cm³/mol. The van der Waals surface area contributed by atoms with Crippen molar-refractivity contribution in [2.75, 3.05) is 0 Å². The first kappa shape index (κ1) is 11.4. The van der Waals surface area contributed by atoms with Gasteiger partial charge in [-0.1, -0.05) is 0 Å². The number of carbonyl (C=O) groups is 1. The number of hydrogen-bond acceptors (Lipinski definition) is 2. The molecule has 0 heterocycles. The molecular formula is C10H10F2O3. The van der Waals surface area contributed by atoms with Crippen molar-refractivity contribution < 1.29 is 23.4 Å². The van der Waals surface area contributed by atoms with E-state index >= 15 is 0 Å². The SMILES string of the molecule is Cc1cc(C(=O)O)ccc1OC(C)(F)F. The van der Waals surface area contributed by atoms with E-state index in [9.17, 15) is 13.6 Å². The largest absolute Gasteiger partial charge is 0.478 e. The van der Waals surface area contributed by atoms with E-state index in [0.717, 1.165) is 0 Å². The van der Waals surface area contributed by atoms with Crippen LogP contribution in [0.1, 0.15) is 22.8 Å². The van der Waals surface area contributed by atoms with Gasteiger partial charge >= 0.3 is 12.1 Å². The van der Waals surface area contributed by atoms with E-state index in [1.165, 1.54) is 25.1 Å². The van der Waals surface area contributed by atoms with Gasteiger partial charge in [-0.05, 0) is 30.7 Å². The Morgan fingerprint density at radius 1 is 1.47 bits per heavy atom. The fourth-order valence-electron chi connectivity index (χ4n) is 1.09. The minimum Gasteiger partial charge on any atom is -0.478 e. The number of hydrogen-bond donors (Lipinski definition) is 1. The van der Waals surface area contributed by atoms with E-state index in [2.05, 4.69) is 4.74 Å². The van der Waals surface area contributed by atoms with Crippen LogP contribution in [0.15, 0.2) is 18.2 Å². The molecule has 0 aromatic heterocycles. The lowest BCUT2D eigenvalue weighted by molar-refractivity contribution is -0.159. The topological polar surface area (TPSA) is 46.5 Å². The Morgan fingerprint density at radius 2 is 2.07 bits per heavy atom. The molecule has 0 aliphatic heterocycles. The maximum absolute atomic E-state index is 12.5. The summed E-state index contributed by atoms with van der Waals surface area (Å²) in [5.41, 5.74) is 0.399. The van der Waals surface area contributed by atoms with Crippen LogP contribution in [0.3, 0.4) is 0 Å². The highest BCUT2D eigenvalue weighted by atomic mass is 19.3. The number of halogens is 2. The molecule has 82 valence electrons. The fourth-order valence-corrected chi connectivity index (χ4v) is 1.09. The highest BCUT2D eigenvalue weighted by Crippen LogP contribution is 2.25. The monoisotopic (exact) mass is 216 g/mol. The minimum atomic E-state index is -3.27. The summed E-state index contributed by atoms with van der Waals surface area (Å²) < 4.78 is 29.4. The van der Waals surface area contributed by atoms with Gasteiger partial charge in [0.2, 0.25) is 0 Å². The summed E-state index contributed by atoms with van der Waals surface area (Å²) >= 11 is 0. The molecule has 1 aromatic rings. The standard InChI is InChI=1S/C10H10F2O3/c1-6-5-7(9(13)14)3-4-8(6)15-10(2,11)12/h3-5H,1-2H3,(H,13,14). The predicted octanol–water partition coefficient (Wildman–Crippen LogP) is 2.68. The lowest BCUT2D eigenvalue weighted by Gasteiger charge is -2.14. The number of carboxylic acids is 1. The summed E-state index contributed by atoms with van der Waals surface area (Å²) in [7, 11) is 0. The first-order valence-electron chi connectivity index (χ1n) is 4.20. The second-order valence-electron chi connectivity index (χ2n) is 3.20. The maximum Gasteiger partial charge on any atom is 0.394 e. The molecule has 3 nitrogen and oxygen atoms in total. The number of aromatic carboxylic acids is 1. The number of aryl methyl sites for hydroxylation is 1. The molecule has 5 heteroatoms. The van der Waals surface area contributed by atoms with E-state index in [1.54, 1.807) is 0 Å². The molecule has 0 fully saturated rings. The van der Waals surface area contributed by atoms with E-state index in [0.29, 0.717) is 12.5 Å². The molecule has 15 heavy (non-hydrogen) atoms. The van der Waals surface area contributed by atoms with Crippen molar-refractivity contribution in [1.82, 2.24) is 0 Å². The molecule has 0 amide bonds. The van der Waals surface area contributed by atoms with Crippen LogP contribution in [0.5, 0.6) is 5.75 Å². The summed E-state index contributed by atoms with van der Waals surface area (Å²) in [5, 5.41) is 8.64. The smallest absolute Gasteiger partial charge is 0.394 e. The number of ether oxygens (including phenoxy) is 1. The van der Waals surface area contributed by atoms with Gasteiger partial charge in [0.25, 0.3) is 0 Å². The molecule has 0 aliphatic carbocycles. The second kappa shape index (κ2) is 3.84. The van der Waals surface area contributed by atoms with Crippen LogP contribution < -0.4 is 4.74 Å². The van der Waals surface area contributed by atoms with Gasteiger partial charge in [-0.25, -0.2) is 4.79 Å². The van der Waals surface area contributed by atoms with Gasteiger partial charge in [0.05, 0.1) is 5.56 Å². The van der Waals surface area contributed by atoms with Crippen molar-refractivity contribution in [3.63, 3.8) is 0 Å².